The number of fused-ring (bicyclic) bond motifs is 1. The monoisotopic (exact) mass is 382 g/mol. The summed E-state index contributed by atoms with van der Waals surface area (Å²) in [5.41, 5.74) is 2.06. The van der Waals surface area contributed by atoms with Crippen LogP contribution in [-0.4, -0.2) is 57.0 Å². The minimum atomic E-state index is -0.228. The lowest BCUT2D eigenvalue weighted by Crippen LogP contribution is -2.42. The van der Waals surface area contributed by atoms with E-state index in [1.807, 2.05) is 53.1 Å². The Bertz CT molecular complexity index is 811. The van der Waals surface area contributed by atoms with E-state index in [2.05, 4.69) is 6.07 Å². The van der Waals surface area contributed by atoms with Gasteiger partial charge in [-0.15, -0.1) is 0 Å². The zero-order valence-corrected chi connectivity index (χ0v) is 16.6. The van der Waals surface area contributed by atoms with Crippen LogP contribution in [0.2, 0.25) is 0 Å². The third-order valence-electron chi connectivity index (χ3n) is 5.35. The predicted octanol–water partition coefficient (Wildman–Crippen LogP) is 2.15. The summed E-state index contributed by atoms with van der Waals surface area (Å²) in [5.74, 6) is -0.0499. The first kappa shape index (κ1) is 19.9. The summed E-state index contributed by atoms with van der Waals surface area (Å²) in [4.78, 5) is 30.7. The highest BCUT2D eigenvalue weighted by molar-refractivity contribution is 6.03. The molecule has 0 radical (unpaired) electrons. The lowest BCUT2D eigenvalue weighted by atomic mass is 9.97. The van der Waals surface area contributed by atoms with E-state index in [-0.39, 0.29) is 29.8 Å². The minimum absolute atomic E-state index is 0.125. The third-order valence-corrected chi connectivity index (χ3v) is 5.35. The van der Waals surface area contributed by atoms with Crippen LogP contribution in [0.4, 0.5) is 11.4 Å². The highest BCUT2D eigenvalue weighted by atomic mass is 16.5. The van der Waals surface area contributed by atoms with Crippen molar-refractivity contribution in [3.63, 3.8) is 0 Å². The topological polar surface area (TPSA) is 76.9 Å². The molecule has 1 saturated heterocycles. The number of hydrogen-bond donors (Lipinski definition) is 0. The quantitative estimate of drug-likeness (QED) is 0.439. The van der Waals surface area contributed by atoms with Crippen molar-refractivity contribution >= 4 is 23.1 Å². The Morgan fingerprint density at radius 1 is 1.21 bits per heavy atom. The van der Waals surface area contributed by atoms with Gasteiger partial charge in [-0.25, -0.2) is 0 Å². The largest absolute Gasteiger partial charge is 0.466 e. The maximum Gasteiger partial charge on any atom is 0.310 e. The van der Waals surface area contributed by atoms with E-state index < -0.39 is 0 Å². The molecule has 2 heterocycles. The molecule has 148 valence electrons. The number of esters is 1. The van der Waals surface area contributed by atoms with Crippen molar-refractivity contribution in [3.05, 3.63) is 35.7 Å². The van der Waals surface area contributed by atoms with Gasteiger partial charge in [-0.1, -0.05) is 12.1 Å². The van der Waals surface area contributed by atoms with Gasteiger partial charge in [0.1, 0.15) is 17.5 Å². The van der Waals surface area contributed by atoms with E-state index in [4.69, 9.17) is 4.74 Å². The minimum Gasteiger partial charge on any atom is -0.466 e. The second-order valence-corrected chi connectivity index (χ2v) is 7.17. The van der Waals surface area contributed by atoms with Crippen molar-refractivity contribution in [3.8, 4) is 6.07 Å². The van der Waals surface area contributed by atoms with Gasteiger partial charge >= 0.3 is 5.97 Å². The van der Waals surface area contributed by atoms with E-state index in [0.717, 1.165) is 30.8 Å². The van der Waals surface area contributed by atoms with Gasteiger partial charge in [0.25, 0.3) is 0 Å². The molecule has 28 heavy (non-hydrogen) atoms. The Morgan fingerprint density at radius 2 is 1.86 bits per heavy atom. The standard InChI is InChI=1S/C21H26N4O3/c1-4-28-21(27)15-8-7-11-25(13-15)14-19(26)16(12-22)20-23(2)17-9-5-6-10-18(17)24(20)3/h5-6,9-10,15H,4,7-8,11,13-14H2,1-3H3/t15-/m1/s1. The second-order valence-electron chi connectivity index (χ2n) is 7.17. The number of nitrogens with zero attached hydrogens (tertiary/aromatic N) is 4. The molecule has 3 rings (SSSR count). The zero-order chi connectivity index (χ0) is 20.3. The summed E-state index contributed by atoms with van der Waals surface area (Å²) in [5, 5.41) is 9.74. The number of ketones is 1. The second kappa shape index (κ2) is 8.44. The molecular weight excluding hydrogens is 356 g/mol. The normalized spacial score (nSPS) is 19.2. The molecule has 1 atom stereocenters. The maximum atomic E-state index is 13.0. The molecule has 0 saturated carbocycles. The maximum absolute atomic E-state index is 13.0. The first-order valence-electron chi connectivity index (χ1n) is 9.61. The predicted molar refractivity (Wildman–Crippen MR) is 107 cm³/mol. The van der Waals surface area contributed by atoms with Crippen LogP contribution < -0.4 is 9.80 Å². The summed E-state index contributed by atoms with van der Waals surface area (Å²) < 4.78 is 5.12. The van der Waals surface area contributed by atoms with Gasteiger partial charge in [-0.3, -0.25) is 14.5 Å². The molecule has 7 nitrogen and oxygen atoms in total. The molecule has 0 amide bonds. The number of rotatable bonds is 5. The number of ether oxygens (including phenoxy) is 1. The van der Waals surface area contributed by atoms with Crippen molar-refractivity contribution in [2.24, 2.45) is 5.92 Å². The molecule has 0 bridgehead atoms. The molecule has 0 aliphatic carbocycles. The zero-order valence-electron chi connectivity index (χ0n) is 16.6. The smallest absolute Gasteiger partial charge is 0.310 e. The number of anilines is 2. The highest BCUT2D eigenvalue weighted by Crippen LogP contribution is 2.40. The third kappa shape index (κ3) is 3.73. The number of para-hydroxylation sites is 2. The Morgan fingerprint density at radius 3 is 2.43 bits per heavy atom. The van der Waals surface area contributed by atoms with Gasteiger partial charge in [-0.05, 0) is 38.4 Å². The van der Waals surface area contributed by atoms with Crippen molar-refractivity contribution < 1.29 is 14.3 Å². The van der Waals surface area contributed by atoms with Crippen LogP contribution in [0.1, 0.15) is 19.8 Å². The Balaban J connectivity index is 1.77. The number of likely N-dealkylation sites (tertiary alicyclic amines) is 1. The number of benzene rings is 1. The van der Waals surface area contributed by atoms with Gasteiger partial charge in [0.2, 0.25) is 0 Å². The molecule has 0 aromatic heterocycles. The van der Waals surface area contributed by atoms with Crippen molar-refractivity contribution in [2.75, 3.05) is 50.1 Å². The molecule has 2 aliphatic heterocycles. The fourth-order valence-electron chi connectivity index (χ4n) is 3.99. The van der Waals surface area contributed by atoms with Crippen LogP contribution in [0.3, 0.4) is 0 Å². The number of hydrogen-bond acceptors (Lipinski definition) is 7. The van der Waals surface area contributed by atoms with Crippen LogP contribution in [0.25, 0.3) is 0 Å². The van der Waals surface area contributed by atoms with Crippen molar-refractivity contribution in [2.45, 2.75) is 19.8 Å². The fourth-order valence-corrected chi connectivity index (χ4v) is 3.99. The van der Waals surface area contributed by atoms with Gasteiger partial charge in [-0.2, -0.15) is 5.26 Å². The summed E-state index contributed by atoms with van der Waals surface area (Å²) in [6.07, 6.45) is 1.61. The highest BCUT2D eigenvalue weighted by Gasteiger charge is 2.33. The average molecular weight is 382 g/mol. The molecule has 2 aliphatic rings. The lowest BCUT2D eigenvalue weighted by molar-refractivity contribution is -0.150. The van der Waals surface area contributed by atoms with Gasteiger partial charge in [0, 0.05) is 20.6 Å². The first-order valence-corrected chi connectivity index (χ1v) is 9.61. The molecule has 1 aromatic rings. The van der Waals surface area contributed by atoms with Crippen LogP contribution >= 0.6 is 0 Å². The molecule has 0 unspecified atom stereocenters. The van der Waals surface area contributed by atoms with E-state index in [1.54, 1.807) is 6.92 Å². The summed E-state index contributed by atoms with van der Waals surface area (Å²) in [6.45, 7) is 3.50. The molecule has 1 fully saturated rings. The number of piperidine rings is 1. The molecule has 0 N–H and O–H groups in total. The van der Waals surface area contributed by atoms with Crippen LogP contribution in [0.15, 0.2) is 35.7 Å². The van der Waals surface area contributed by atoms with E-state index >= 15 is 0 Å². The molecule has 7 heteroatoms. The molecule has 0 spiro atoms. The Labute approximate surface area is 165 Å². The van der Waals surface area contributed by atoms with E-state index in [1.165, 1.54) is 0 Å². The Kier molecular flexibility index (Phi) is 6.00. The van der Waals surface area contributed by atoms with E-state index in [9.17, 15) is 14.9 Å². The van der Waals surface area contributed by atoms with Crippen molar-refractivity contribution in [1.29, 1.82) is 5.26 Å². The molecule has 1 aromatic carbocycles. The van der Waals surface area contributed by atoms with Crippen LogP contribution in [0, 0.1) is 17.2 Å². The number of Topliss-reactive ketones (excluding diaryl/α,β-unsaturated/α-hetero) is 1. The van der Waals surface area contributed by atoms with Crippen LogP contribution in [0.5, 0.6) is 0 Å². The number of carbonyl (C=O) groups excluding carboxylic acids is 2. The summed E-state index contributed by atoms with van der Waals surface area (Å²) in [7, 11) is 3.72. The first-order chi connectivity index (χ1) is 13.5. The van der Waals surface area contributed by atoms with Gasteiger partial charge < -0.3 is 14.5 Å². The van der Waals surface area contributed by atoms with Crippen LogP contribution in [-0.2, 0) is 14.3 Å². The van der Waals surface area contributed by atoms with Gasteiger partial charge in [0.05, 0.1) is 30.4 Å². The SMILES string of the molecule is CCOC(=O)[C@@H]1CCCN(CC(=O)C(C#N)=C2N(C)c3ccccc3N2C)C1. The number of carbonyl (C=O) groups is 2. The Hall–Kier alpha value is -2.85. The summed E-state index contributed by atoms with van der Waals surface area (Å²) >= 11 is 0. The lowest BCUT2D eigenvalue weighted by Gasteiger charge is -2.31. The average Bonchev–Trinajstić information content (AvgIpc) is 2.95. The number of nitriles is 1. The fraction of sp³-hybridized carbons (Fsp3) is 0.476. The summed E-state index contributed by atoms with van der Waals surface area (Å²) in [6, 6.07) is 9.91. The van der Waals surface area contributed by atoms with E-state index in [0.29, 0.717) is 19.0 Å². The van der Waals surface area contributed by atoms with Crippen molar-refractivity contribution in [1.82, 2.24) is 4.90 Å². The van der Waals surface area contributed by atoms with Gasteiger partial charge in [0.15, 0.2) is 5.78 Å². The molecular formula is C21H26N4O3.